The fraction of sp³-hybridized carbons (Fsp3) is 0.875. The van der Waals surface area contributed by atoms with Gasteiger partial charge in [-0.3, -0.25) is 4.79 Å². The summed E-state index contributed by atoms with van der Waals surface area (Å²) in [6.45, 7) is 2.55. The van der Waals surface area contributed by atoms with Gasteiger partial charge >= 0.3 is 5.97 Å². The molecular formula is C8H16O4. The van der Waals surface area contributed by atoms with E-state index in [0.717, 1.165) is 0 Å². The summed E-state index contributed by atoms with van der Waals surface area (Å²) in [6.07, 6.45) is 0.996. The Labute approximate surface area is 72.2 Å². The number of rotatable bonds is 7. The maximum absolute atomic E-state index is 10.0. The van der Waals surface area contributed by atoms with Gasteiger partial charge in [0, 0.05) is 6.61 Å². The van der Waals surface area contributed by atoms with Crippen LogP contribution in [-0.4, -0.2) is 35.5 Å². The molecule has 0 rings (SSSR count). The molecule has 0 aromatic carbocycles. The fourth-order valence-corrected chi connectivity index (χ4v) is 0.685. The van der Waals surface area contributed by atoms with Crippen molar-refractivity contribution in [2.45, 2.75) is 32.3 Å². The van der Waals surface area contributed by atoms with Crippen molar-refractivity contribution in [2.24, 2.45) is 0 Å². The number of aliphatic carboxylic acids is 1. The smallest absolute Gasteiger partial charge is 0.305 e. The minimum absolute atomic E-state index is 0.0300. The van der Waals surface area contributed by atoms with Crippen LogP contribution in [0.3, 0.4) is 0 Å². The molecule has 1 unspecified atom stereocenters. The van der Waals surface area contributed by atoms with Gasteiger partial charge in [-0.15, -0.1) is 0 Å². The summed E-state index contributed by atoms with van der Waals surface area (Å²) in [5.74, 6) is -0.856. The maximum Gasteiger partial charge on any atom is 0.305 e. The van der Waals surface area contributed by atoms with Crippen LogP contribution < -0.4 is 0 Å². The highest BCUT2D eigenvalue weighted by Gasteiger charge is 2.00. The van der Waals surface area contributed by atoms with Crippen molar-refractivity contribution in [3.63, 3.8) is 0 Å². The van der Waals surface area contributed by atoms with E-state index in [9.17, 15) is 4.79 Å². The molecule has 0 spiro atoms. The molecule has 2 N–H and O–H groups in total. The largest absolute Gasteiger partial charge is 0.481 e. The van der Waals surface area contributed by atoms with Crippen LogP contribution in [-0.2, 0) is 9.53 Å². The van der Waals surface area contributed by atoms with E-state index >= 15 is 0 Å². The number of aliphatic hydroxyl groups excluding tert-OH is 1. The summed E-state index contributed by atoms with van der Waals surface area (Å²) >= 11 is 0. The quantitative estimate of drug-likeness (QED) is 0.558. The van der Waals surface area contributed by atoms with E-state index in [-0.39, 0.29) is 19.1 Å². The Balaban J connectivity index is 3.05. The molecule has 0 heterocycles. The van der Waals surface area contributed by atoms with Crippen LogP contribution in [0, 0.1) is 0 Å². The van der Waals surface area contributed by atoms with E-state index in [1.165, 1.54) is 0 Å². The van der Waals surface area contributed by atoms with Crippen LogP contribution in [0.2, 0.25) is 0 Å². The van der Waals surface area contributed by atoms with Gasteiger partial charge in [0.15, 0.2) is 0 Å². The predicted molar refractivity (Wildman–Crippen MR) is 44.0 cm³/mol. The van der Waals surface area contributed by atoms with E-state index in [1.807, 2.05) is 6.92 Å². The van der Waals surface area contributed by atoms with Crippen LogP contribution in [0.4, 0.5) is 0 Å². The molecule has 0 bridgehead atoms. The van der Waals surface area contributed by atoms with Gasteiger partial charge in [-0.2, -0.15) is 0 Å². The molecule has 72 valence electrons. The third-order valence-corrected chi connectivity index (χ3v) is 1.53. The Hall–Kier alpha value is -0.610. The second-order valence-corrected chi connectivity index (χ2v) is 2.61. The van der Waals surface area contributed by atoms with Crippen molar-refractivity contribution in [2.75, 3.05) is 13.2 Å². The minimum atomic E-state index is -0.856. The lowest BCUT2D eigenvalue weighted by atomic mass is 10.2. The van der Waals surface area contributed by atoms with E-state index in [4.69, 9.17) is 14.9 Å². The Kier molecular flexibility index (Phi) is 6.70. The lowest BCUT2D eigenvalue weighted by Gasteiger charge is -2.06. The molecule has 0 aromatic rings. The Bertz CT molecular complexity index is 124. The average Bonchev–Trinajstić information content (AvgIpc) is 2.03. The zero-order valence-electron chi connectivity index (χ0n) is 7.32. The van der Waals surface area contributed by atoms with Crippen LogP contribution in [0.5, 0.6) is 0 Å². The van der Waals surface area contributed by atoms with Crippen molar-refractivity contribution in [1.29, 1.82) is 0 Å². The number of hydrogen-bond acceptors (Lipinski definition) is 3. The predicted octanol–water partition coefficient (Wildman–Crippen LogP) is 0.639. The topological polar surface area (TPSA) is 66.8 Å². The average molecular weight is 176 g/mol. The highest BCUT2D eigenvalue weighted by Crippen LogP contribution is 1.96. The molecule has 1 atom stereocenters. The van der Waals surface area contributed by atoms with Crippen LogP contribution in [0.1, 0.15) is 26.2 Å². The minimum Gasteiger partial charge on any atom is -0.481 e. The van der Waals surface area contributed by atoms with Crippen molar-refractivity contribution >= 4 is 5.97 Å². The van der Waals surface area contributed by atoms with Crippen LogP contribution in [0.25, 0.3) is 0 Å². The highest BCUT2D eigenvalue weighted by molar-refractivity contribution is 5.66. The van der Waals surface area contributed by atoms with Crippen molar-refractivity contribution in [3.8, 4) is 0 Å². The number of ether oxygens (including phenoxy) is 1. The number of aliphatic hydroxyl groups is 1. The van der Waals surface area contributed by atoms with Crippen LogP contribution in [0.15, 0.2) is 0 Å². The maximum atomic E-state index is 10.0. The lowest BCUT2D eigenvalue weighted by molar-refractivity contribution is -0.138. The van der Waals surface area contributed by atoms with Crippen LogP contribution >= 0.6 is 0 Å². The number of carboxylic acids is 1. The van der Waals surface area contributed by atoms with E-state index in [0.29, 0.717) is 19.4 Å². The molecular weight excluding hydrogens is 160 g/mol. The second kappa shape index (κ2) is 7.06. The van der Waals surface area contributed by atoms with Crippen molar-refractivity contribution < 1.29 is 19.7 Å². The second-order valence-electron chi connectivity index (χ2n) is 2.61. The first-order chi connectivity index (χ1) is 5.66. The van der Waals surface area contributed by atoms with Gasteiger partial charge in [0.2, 0.25) is 0 Å². The molecule has 4 heteroatoms. The molecule has 0 aliphatic heterocycles. The molecule has 0 aromatic heterocycles. The summed E-state index contributed by atoms with van der Waals surface area (Å²) in [5, 5.41) is 17.3. The summed E-state index contributed by atoms with van der Waals surface area (Å²) in [6, 6.07) is 0. The molecule has 0 saturated heterocycles. The normalized spacial score (nSPS) is 12.8. The van der Waals surface area contributed by atoms with Gasteiger partial charge in [-0.1, -0.05) is 6.92 Å². The van der Waals surface area contributed by atoms with E-state index in [1.54, 1.807) is 0 Å². The number of hydrogen-bond donors (Lipinski definition) is 2. The van der Waals surface area contributed by atoms with Gasteiger partial charge in [0.1, 0.15) is 0 Å². The van der Waals surface area contributed by atoms with Gasteiger partial charge in [0.25, 0.3) is 0 Å². The molecule has 0 aliphatic rings. The SMILES string of the molecule is CCC(O)CCOCCC(=O)O. The first kappa shape index (κ1) is 11.4. The summed E-state index contributed by atoms with van der Waals surface area (Å²) in [5.41, 5.74) is 0. The Morgan fingerprint density at radius 2 is 2.17 bits per heavy atom. The Morgan fingerprint density at radius 1 is 1.50 bits per heavy atom. The highest BCUT2D eigenvalue weighted by atomic mass is 16.5. The van der Waals surface area contributed by atoms with Gasteiger partial charge in [0.05, 0.1) is 19.1 Å². The van der Waals surface area contributed by atoms with Gasteiger partial charge in [-0.25, -0.2) is 0 Å². The third kappa shape index (κ3) is 7.50. The first-order valence-electron chi connectivity index (χ1n) is 4.14. The van der Waals surface area contributed by atoms with Crippen molar-refractivity contribution in [3.05, 3.63) is 0 Å². The molecule has 0 aliphatic carbocycles. The van der Waals surface area contributed by atoms with Gasteiger partial charge in [-0.05, 0) is 12.8 Å². The molecule has 0 fully saturated rings. The lowest BCUT2D eigenvalue weighted by Crippen LogP contribution is -2.10. The van der Waals surface area contributed by atoms with E-state index < -0.39 is 5.97 Å². The molecule has 0 amide bonds. The van der Waals surface area contributed by atoms with Crippen molar-refractivity contribution in [1.82, 2.24) is 0 Å². The monoisotopic (exact) mass is 176 g/mol. The zero-order chi connectivity index (χ0) is 9.40. The molecule has 4 nitrogen and oxygen atoms in total. The first-order valence-corrected chi connectivity index (χ1v) is 4.14. The fourth-order valence-electron chi connectivity index (χ4n) is 0.685. The standard InChI is InChI=1S/C8H16O4/c1-2-7(9)3-5-12-6-4-8(10)11/h7,9H,2-6H2,1H3,(H,10,11). The molecule has 12 heavy (non-hydrogen) atoms. The zero-order valence-corrected chi connectivity index (χ0v) is 7.32. The molecule has 0 saturated carbocycles. The van der Waals surface area contributed by atoms with E-state index in [2.05, 4.69) is 0 Å². The number of carboxylic acid groups (broad SMARTS) is 1. The third-order valence-electron chi connectivity index (χ3n) is 1.53. The molecule has 0 radical (unpaired) electrons. The van der Waals surface area contributed by atoms with Gasteiger partial charge < -0.3 is 14.9 Å². The number of carbonyl (C=O) groups is 1. The summed E-state index contributed by atoms with van der Waals surface area (Å²) < 4.78 is 4.98. The summed E-state index contributed by atoms with van der Waals surface area (Å²) in [7, 11) is 0. The Morgan fingerprint density at radius 3 is 2.67 bits per heavy atom. The summed E-state index contributed by atoms with van der Waals surface area (Å²) in [4.78, 5) is 10.0.